The summed E-state index contributed by atoms with van der Waals surface area (Å²) in [5, 5.41) is -0.656. The van der Waals surface area contributed by atoms with Crippen LogP contribution in [0.1, 0.15) is 43.5 Å². The number of carbonyl (C=O) groups excluding carboxylic acids is 2. The highest BCUT2D eigenvalue weighted by Gasteiger charge is 2.60. The third-order valence-corrected chi connectivity index (χ3v) is 5.84. The van der Waals surface area contributed by atoms with E-state index in [9.17, 15) is 9.59 Å². The van der Waals surface area contributed by atoms with Crippen LogP contribution in [-0.2, 0) is 19.1 Å². The summed E-state index contributed by atoms with van der Waals surface area (Å²) < 4.78 is 10.9. The third-order valence-electron chi connectivity index (χ3n) is 5.08. The Balaban J connectivity index is 1.82. The monoisotopic (exact) mass is 370 g/mol. The van der Waals surface area contributed by atoms with E-state index in [0.29, 0.717) is 22.9 Å². The highest BCUT2D eigenvalue weighted by Crippen LogP contribution is 2.53. The number of alkyl halides is 1. The van der Waals surface area contributed by atoms with Crippen molar-refractivity contribution in [1.29, 1.82) is 0 Å². The van der Waals surface area contributed by atoms with E-state index in [1.165, 1.54) is 0 Å². The zero-order chi connectivity index (χ0) is 17.3. The number of ether oxygens (including phenoxy) is 2. The average Bonchev–Trinajstić information content (AvgIpc) is 3.16. The van der Waals surface area contributed by atoms with Gasteiger partial charge in [-0.15, -0.1) is 11.6 Å². The van der Waals surface area contributed by atoms with Crippen molar-refractivity contribution in [3.63, 3.8) is 0 Å². The van der Waals surface area contributed by atoms with E-state index < -0.39 is 22.9 Å². The summed E-state index contributed by atoms with van der Waals surface area (Å²) in [6.07, 6.45) is 3.35. The predicted molar refractivity (Wildman–Crippen MR) is 91.0 cm³/mol. The Morgan fingerprint density at radius 3 is 2.67 bits per heavy atom. The molecule has 0 amide bonds. The van der Waals surface area contributed by atoms with E-state index in [1.54, 1.807) is 31.2 Å². The fourth-order valence-electron chi connectivity index (χ4n) is 3.99. The molecule has 2 aliphatic rings. The molecule has 0 heterocycles. The molecule has 2 saturated carbocycles. The molecule has 2 bridgehead atoms. The quantitative estimate of drug-likeness (QED) is 0.573. The molecule has 130 valence electrons. The van der Waals surface area contributed by atoms with Gasteiger partial charge in [-0.3, -0.25) is 4.79 Å². The van der Waals surface area contributed by atoms with Gasteiger partial charge in [-0.05, 0) is 43.7 Å². The number of benzene rings is 1. The molecule has 6 heteroatoms. The van der Waals surface area contributed by atoms with E-state index in [2.05, 4.69) is 0 Å². The van der Waals surface area contributed by atoms with E-state index in [0.717, 1.165) is 19.3 Å². The van der Waals surface area contributed by atoms with Crippen LogP contribution in [0.3, 0.4) is 0 Å². The first-order valence-corrected chi connectivity index (χ1v) is 9.08. The van der Waals surface area contributed by atoms with Crippen molar-refractivity contribution in [3.8, 4) is 0 Å². The lowest BCUT2D eigenvalue weighted by molar-refractivity contribution is -0.189. The van der Waals surface area contributed by atoms with Crippen molar-refractivity contribution in [3.05, 3.63) is 34.9 Å². The van der Waals surface area contributed by atoms with Gasteiger partial charge >= 0.3 is 11.9 Å². The number of carbonyl (C=O) groups is 2. The fraction of sp³-hybridized carbons (Fsp3) is 0.556. The Bertz CT molecular complexity index is 648. The molecule has 2 fully saturated rings. The molecule has 0 radical (unpaired) electrons. The lowest BCUT2D eigenvalue weighted by atomic mass is 9.84. The minimum Gasteiger partial charge on any atom is -0.463 e. The summed E-state index contributed by atoms with van der Waals surface area (Å²) in [6.45, 7) is 2.00. The number of halogens is 2. The lowest BCUT2D eigenvalue weighted by Crippen LogP contribution is -2.49. The molecule has 1 aromatic carbocycles. The molecule has 0 aliphatic heterocycles. The third kappa shape index (κ3) is 3.02. The zero-order valence-electron chi connectivity index (χ0n) is 13.5. The topological polar surface area (TPSA) is 52.6 Å². The highest BCUT2D eigenvalue weighted by molar-refractivity contribution is 6.35. The van der Waals surface area contributed by atoms with Gasteiger partial charge in [0.15, 0.2) is 5.38 Å². The molecule has 4 nitrogen and oxygen atoms in total. The molecule has 0 aromatic heterocycles. The molecule has 0 N–H and O–H groups in total. The van der Waals surface area contributed by atoms with Gasteiger partial charge in [0.2, 0.25) is 5.60 Å². The first-order valence-electron chi connectivity index (χ1n) is 8.26. The zero-order valence-corrected chi connectivity index (χ0v) is 15.0. The summed E-state index contributed by atoms with van der Waals surface area (Å²) in [4.78, 5) is 25.2. The van der Waals surface area contributed by atoms with Crippen LogP contribution >= 0.6 is 23.2 Å². The second-order valence-electron chi connectivity index (χ2n) is 6.50. The Hall–Kier alpha value is -1.26. The van der Waals surface area contributed by atoms with Crippen LogP contribution in [0.2, 0.25) is 5.02 Å². The van der Waals surface area contributed by atoms with E-state index in [1.807, 2.05) is 0 Å². The molecule has 2 aliphatic carbocycles. The van der Waals surface area contributed by atoms with E-state index >= 15 is 0 Å². The maximum atomic E-state index is 12.6. The Morgan fingerprint density at radius 2 is 2.08 bits per heavy atom. The van der Waals surface area contributed by atoms with Crippen LogP contribution in [-0.4, -0.2) is 24.1 Å². The second-order valence-corrected chi connectivity index (χ2v) is 7.34. The number of hydrogen-bond donors (Lipinski definition) is 0. The van der Waals surface area contributed by atoms with Crippen molar-refractivity contribution in [1.82, 2.24) is 0 Å². The summed E-state index contributed by atoms with van der Waals surface area (Å²) in [6, 6.07) is 6.86. The van der Waals surface area contributed by atoms with Crippen LogP contribution in [0.25, 0.3) is 0 Å². The largest absolute Gasteiger partial charge is 0.463 e. The first kappa shape index (κ1) is 17.6. The van der Waals surface area contributed by atoms with Crippen LogP contribution in [0, 0.1) is 11.8 Å². The lowest BCUT2D eigenvalue weighted by Gasteiger charge is -2.35. The smallest absolute Gasteiger partial charge is 0.350 e. The maximum absolute atomic E-state index is 12.6. The normalized spacial score (nSPS) is 29.3. The molecular weight excluding hydrogens is 351 g/mol. The van der Waals surface area contributed by atoms with Gasteiger partial charge in [-0.25, -0.2) is 4.79 Å². The van der Waals surface area contributed by atoms with Gasteiger partial charge in [0, 0.05) is 17.4 Å². The predicted octanol–water partition coefficient (Wildman–Crippen LogP) is 4.29. The first-order chi connectivity index (χ1) is 11.5. The van der Waals surface area contributed by atoms with Crippen LogP contribution in [0.4, 0.5) is 0 Å². The molecule has 24 heavy (non-hydrogen) atoms. The van der Waals surface area contributed by atoms with Gasteiger partial charge in [0.05, 0.1) is 6.61 Å². The minimum absolute atomic E-state index is 0.0145. The fourth-order valence-corrected chi connectivity index (χ4v) is 4.52. The summed E-state index contributed by atoms with van der Waals surface area (Å²) >= 11 is 12.4. The molecule has 3 rings (SSSR count). The second kappa shape index (κ2) is 6.93. The van der Waals surface area contributed by atoms with Crippen molar-refractivity contribution < 1.29 is 19.1 Å². The molecular formula is C18H20Cl2O4. The molecule has 4 unspecified atom stereocenters. The summed E-state index contributed by atoms with van der Waals surface area (Å²) in [5.41, 5.74) is -0.710. The molecule has 1 aromatic rings. The van der Waals surface area contributed by atoms with Gasteiger partial charge in [-0.2, -0.15) is 0 Å². The van der Waals surface area contributed by atoms with Gasteiger partial charge in [-0.1, -0.05) is 29.8 Å². The van der Waals surface area contributed by atoms with Crippen molar-refractivity contribution >= 4 is 35.1 Å². The van der Waals surface area contributed by atoms with E-state index in [-0.39, 0.29) is 12.5 Å². The SMILES string of the molecule is CCOC(=O)C1(OC(=O)C(Cl)c2ccccc2Cl)CC2CCC1C2. The molecule has 0 spiro atoms. The van der Waals surface area contributed by atoms with Crippen LogP contribution in [0.5, 0.6) is 0 Å². The van der Waals surface area contributed by atoms with Crippen LogP contribution in [0.15, 0.2) is 24.3 Å². The number of fused-ring (bicyclic) bond motifs is 2. The number of hydrogen-bond acceptors (Lipinski definition) is 4. The summed E-state index contributed by atoms with van der Waals surface area (Å²) in [7, 11) is 0. The van der Waals surface area contributed by atoms with Gasteiger partial charge in [0.25, 0.3) is 0 Å². The van der Waals surface area contributed by atoms with Gasteiger partial charge in [0.1, 0.15) is 0 Å². The van der Waals surface area contributed by atoms with Crippen molar-refractivity contribution in [2.24, 2.45) is 11.8 Å². The highest BCUT2D eigenvalue weighted by atomic mass is 35.5. The number of esters is 2. The van der Waals surface area contributed by atoms with Crippen molar-refractivity contribution in [2.75, 3.05) is 6.61 Å². The molecule has 0 saturated heterocycles. The standard InChI is InChI=1S/C18H20Cl2O4/c1-2-23-17(22)18(10-11-7-8-12(18)9-11)24-16(21)15(20)13-5-3-4-6-14(13)19/h3-6,11-12,15H,2,7-10H2,1H3. The van der Waals surface area contributed by atoms with Crippen molar-refractivity contribution in [2.45, 2.75) is 43.6 Å². The minimum atomic E-state index is -1.19. The number of rotatable bonds is 5. The van der Waals surface area contributed by atoms with Gasteiger partial charge < -0.3 is 9.47 Å². The average molecular weight is 371 g/mol. The summed E-state index contributed by atoms with van der Waals surface area (Å²) in [5.74, 6) is -0.680. The van der Waals surface area contributed by atoms with Crippen LogP contribution < -0.4 is 0 Å². The Morgan fingerprint density at radius 1 is 1.33 bits per heavy atom. The Kier molecular flexibility index (Phi) is 5.07. The maximum Gasteiger partial charge on any atom is 0.350 e. The molecule has 4 atom stereocenters. The van der Waals surface area contributed by atoms with E-state index in [4.69, 9.17) is 32.7 Å². The Labute approximate surface area is 151 Å².